The fourth-order valence-electron chi connectivity index (χ4n) is 1.78. The van der Waals surface area contributed by atoms with Crippen molar-refractivity contribution < 1.29 is 0 Å². The van der Waals surface area contributed by atoms with Gasteiger partial charge in [0.1, 0.15) is 0 Å². The average Bonchev–Trinajstić information content (AvgIpc) is 2.15. The molecule has 0 saturated heterocycles. The zero-order valence-electron chi connectivity index (χ0n) is 10.00. The van der Waals surface area contributed by atoms with Crippen molar-refractivity contribution in [3.8, 4) is 0 Å². The Labute approximate surface area is 107 Å². The van der Waals surface area contributed by atoms with Gasteiger partial charge in [0.15, 0.2) is 0 Å². The van der Waals surface area contributed by atoms with E-state index in [0.717, 1.165) is 6.54 Å². The Morgan fingerprint density at radius 3 is 2.07 bits per heavy atom. The Balaban J connectivity index is 2.79. The highest BCUT2D eigenvalue weighted by Crippen LogP contribution is 2.17. The van der Waals surface area contributed by atoms with Gasteiger partial charge in [-0.25, -0.2) is 0 Å². The van der Waals surface area contributed by atoms with Crippen LogP contribution in [0.15, 0.2) is 24.3 Å². The van der Waals surface area contributed by atoms with E-state index in [1.165, 1.54) is 9.13 Å². The maximum atomic E-state index is 2.51. The maximum Gasteiger partial charge on any atom is 0.0249 e. The second-order valence-corrected chi connectivity index (χ2v) is 5.61. The van der Waals surface area contributed by atoms with Gasteiger partial charge < -0.3 is 0 Å². The van der Waals surface area contributed by atoms with E-state index in [9.17, 15) is 0 Å². The van der Waals surface area contributed by atoms with E-state index >= 15 is 0 Å². The van der Waals surface area contributed by atoms with Gasteiger partial charge in [-0.3, -0.25) is 4.90 Å². The predicted molar refractivity (Wildman–Crippen MR) is 75.0 cm³/mol. The Morgan fingerprint density at radius 1 is 1.07 bits per heavy atom. The minimum atomic E-state index is 0.598. The summed E-state index contributed by atoms with van der Waals surface area (Å²) in [4.78, 5) is 2.51. The number of nitrogens with zero attached hydrogens (tertiary/aromatic N) is 1. The van der Waals surface area contributed by atoms with Crippen LogP contribution in [-0.4, -0.2) is 17.0 Å². The normalized spacial score (nSPS) is 11.7. The molecule has 84 valence electrons. The molecule has 0 aromatic heterocycles. The first-order chi connectivity index (χ1) is 7.02. The lowest BCUT2D eigenvalue weighted by Crippen LogP contribution is -2.36. The quantitative estimate of drug-likeness (QED) is 0.761. The van der Waals surface area contributed by atoms with Gasteiger partial charge in [-0.15, -0.1) is 0 Å². The molecule has 0 bridgehead atoms. The summed E-state index contributed by atoms with van der Waals surface area (Å²) >= 11 is 2.41. The summed E-state index contributed by atoms with van der Waals surface area (Å²) in [6.45, 7) is 10.1. The van der Waals surface area contributed by atoms with Crippen molar-refractivity contribution in [1.82, 2.24) is 4.90 Å². The summed E-state index contributed by atoms with van der Waals surface area (Å²) in [6, 6.07) is 9.81. The molecule has 0 saturated carbocycles. The van der Waals surface area contributed by atoms with Gasteiger partial charge in [0.2, 0.25) is 0 Å². The molecule has 1 nitrogen and oxygen atoms in total. The Hall–Kier alpha value is -0.0900. The number of benzene rings is 1. The first-order valence-corrected chi connectivity index (χ1v) is 6.59. The van der Waals surface area contributed by atoms with Crippen LogP contribution in [0.2, 0.25) is 0 Å². The molecule has 2 heteroatoms. The Bertz CT molecular complexity index is 299. The van der Waals surface area contributed by atoms with Crippen LogP contribution in [0, 0.1) is 3.57 Å². The molecule has 15 heavy (non-hydrogen) atoms. The molecular weight excluding hydrogens is 297 g/mol. The van der Waals surface area contributed by atoms with Crippen LogP contribution in [0.3, 0.4) is 0 Å². The fourth-order valence-corrected chi connectivity index (χ4v) is 2.34. The number of rotatable bonds is 4. The van der Waals surface area contributed by atoms with E-state index in [1.54, 1.807) is 0 Å². The van der Waals surface area contributed by atoms with Crippen molar-refractivity contribution in [2.75, 3.05) is 0 Å². The highest BCUT2D eigenvalue weighted by Gasteiger charge is 2.14. The Kier molecular flexibility index (Phi) is 5.06. The average molecular weight is 317 g/mol. The van der Waals surface area contributed by atoms with Gasteiger partial charge in [-0.2, -0.15) is 0 Å². The van der Waals surface area contributed by atoms with Gasteiger partial charge in [-0.05, 0) is 61.9 Å². The van der Waals surface area contributed by atoms with Crippen LogP contribution in [0.5, 0.6) is 0 Å². The summed E-state index contributed by atoms with van der Waals surface area (Å²) in [7, 11) is 0. The standard InChI is InChI=1S/C13H20IN/c1-10(2)15(11(3)4)9-12-7-5-6-8-13(12)14/h5-8,10-11H,9H2,1-4H3. The van der Waals surface area contributed by atoms with Crippen LogP contribution in [0.1, 0.15) is 33.3 Å². The van der Waals surface area contributed by atoms with Gasteiger partial charge in [0.05, 0.1) is 0 Å². The molecule has 0 aliphatic carbocycles. The van der Waals surface area contributed by atoms with Gasteiger partial charge in [0, 0.05) is 22.2 Å². The largest absolute Gasteiger partial charge is 0.294 e. The monoisotopic (exact) mass is 317 g/mol. The second kappa shape index (κ2) is 5.85. The minimum Gasteiger partial charge on any atom is -0.294 e. The number of hydrogen-bond donors (Lipinski definition) is 0. The van der Waals surface area contributed by atoms with Crippen molar-refractivity contribution in [3.05, 3.63) is 33.4 Å². The zero-order valence-corrected chi connectivity index (χ0v) is 12.2. The molecular formula is C13H20IN. The molecule has 0 spiro atoms. The predicted octanol–water partition coefficient (Wildman–Crippen LogP) is 3.91. The molecule has 0 atom stereocenters. The highest BCUT2D eigenvalue weighted by molar-refractivity contribution is 14.1. The summed E-state index contributed by atoms with van der Waals surface area (Å²) in [5.74, 6) is 0. The first-order valence-electron chi connectivity index (χ1n) is 5.51. The van der Waals surface area contributed by atoms with Crippen LogP contribution < -0.4 is 0 Å². The summed E-state index contributed by atoms with van der Waals surface area (Å²) < 4.78 is 1.36. The minimum absolute atomic E-state index is 0.598. The van der Waals surface area contributed by atoms with Crippen molar-refractivity contribution in [2.24, 2.45) is 0 Å². The third-order valence-electron chi connectivity index (χ3n) is 2.64. The topological polar surface area (TPSA) is 3.24 Å². The third-order valence-corrected chi connectivity index (χ3v) is 3.69. The molecule has 0 aliphatic rings. The molecule has 0 heterocycles. The van der Waals surface area contributed by atoms with E-state index in [2.05, 4.69) is 79.5 Å². The molecule has 1 aromatic carbocycles. The van der Waals surface area contributed by atoms with Crippen LogP contribution in [0.25, 0.3) is 0 Å². The fraction of sp³-hybridized carbons (Fsp3) is 0.538. The summed E-state index contributed by atoms with van der Waals surface area (Å²) in [5.41, 5.74) is 1.43. The molecule has 0 unspecified atom stereocenters. The van der Waals surface area contributed by atoms with Gasteiger partial charge >= 0.3 is 0 Å². The molecule has 1 aromatic rings. The van der Waals surface area contributed by atoms with E-state index in [1.807, 2.05) is 0 Å². The summed E-state index contributed by atoms with van der Waals surface area (Å²) in [6.07, 6.45) is 0. The third kappa shape index (κ3) is 3.76. The molecule has 0 aliphatic heterocycles. The Morgan fingerprint density at radius 2 is 1.60 bits per heavy atom. The van der Waals surface area contributed by atoms with Crippen molar-refractivity contribution in [3.63, 3.8) is 0 Å². The molecule has 1 rings (SSSR count). The van der Waals surface area contributed by atoms with E-state index in [4.69, 9.17) is 0 Å². The zero-order chi connectivity index (χ0) is 11.4. The molecule has 0 N–H and O–H groups in total. The molecule has 0 fully saturated rings. The van der Waals surface area contributed by atoms with Gasteiger partial charge in [0.25, 0.3) is 0 Å². The van der Waals surface area contributed by atoms with Crippen molar-refractivity contribution >= 4 is 22.6 Å². The smallest absolute Gasteiger partial charge is 0.0249 e. The second-order valence-electron chi connectivity index (χ2n) is 4.45. The van der Waals surface area contributed by atoms with Crippen LogP contribution in [0.4, 0.5) is 0 Å². The maximum absolute atomic E-state index is 2.51. The van der Waals surface area contributed by atoms with Crippen molar-refractivity contribution in [2.45, 2.75) is 46.3 Å². The summed E-state index contributed by atoms with van der Waals surface area (Å²) in [5, 5.41) is 0. The lowest BCUT2D eigenvalue weighted by Gasteiger charge is -2.30. The van der Waals surface area contributed by atoms with Crippen LogP contribution >= 0.6 is 22.6 Å². The van der Waals surface area contributed by atoms with Crippen LogP contribution in [-0.2, 0) is 6.54 Å². The SMILES string of the molecule is CC(C)N(Cc1ccccc1I)C(C)C. The lowest BCUT2D eigenvalue weighted by atomic mass is 10.1. The van der Waals surface area contributed by atoms with Gasteiger partial charge in [-0.1, -0.05) is 18.2 Å². The highest BCUT2D eigenvalue weighted by atomic mass is 127. The van der Waals surface area contributed by atoms with E-state index in [-0.39, 0.29) is 0 Å². The lowest BCUT2D eigenvalue weighted by molar-refractivity contribution is 0.165. The van der Waals surface area contributed by atoms with Crippen molar-refractivity contribution in [1.29, 1.82) is 0 Å². The van der Waals surface area contributed by atoms with E-state index < -0.39 is 0 Å². The number of hydrogen-bond acceptors (Lipinski definition) is 1. The molecule has 0 amide bonds. The molecule has 0 radical (unpaired) electrons. The first kappa shape index (κ1) is 13.0. The number of halogens is 1. The van der Waals surface area contributed by atoms with E-state index in [0.29, 0.717) is 12.1 Å².